The van der Waals surface area contributed by atoms with Crippen molar-refractivity contribution in [2.24, 2.45) is 0 Å². The Morgan fingerprint density at radius 1 is 1.47 bits per heavy atom. The zero-order valence-corrected chi connectivity index (χ0v) is 11.1. The van der Waals surface area contributed by atoms with E-state index in [1.807, 2.05) is 0 Å². The van der Waals surface area contributed by atoms with Crippen molar-refractivity contribution in [1.82, 2.24) is 5.32 Å². The molecular formula is C11H13F2NO4S. The number of ether oxygens (including phenoxy) is 1. The van der Waals surface area contributed by atoms with E-state index in [0.717, 1.165) is 0 Å². The molecule has 0 fully saturated rings. The fourth-order valence-corrected chi connectivity index (χ4v) is 1.67. The quantitative estimate of drug-likeness (QED) is 0.813. The molecule has 1 N–H and O–H groups in total. The van der Waals surface area contributed by atoms with E-state index in [9.17, 15) is 18.4 Å². The second kappa shape index (κ2) is 7.13. The maximum absolute atomic E-state index is 12.0. The van der Waals surface area contributed by atoms with Gasteiger partial charge in [-0.05, 0) is 19.1 Å². The molecule has 0 radical (unpaired) electrons. The molecule has 1 aromatic heterocycles. The molecule has 0 aliphatic carbocycles. The molecule has 1 atom stereocenters. The van der Waals surface area contributed by atoms with Gasteiger partial charge in [-0.25, -0.2) is 4.79 Å². The number of amides is 1. The highest BCUT2D eigenvalue weighted by atomic mass is 32.2. The average Bonchev–Trinajstić information content (AvgIpc) is 2.84. The lowest BCUT2D eigenvalue weighted by molar-refractivity contribution is -0.142. The first-order chi connectivity index (χ1) is 8.93. The number of rotatable bonds is 6. The van der Waals surface area contributed by atoms with Crippen LogP contribution in [-0.2, 0) is 15.3 Å². The summed E-state index contributed by atoms with van der Waals surface area (Å²) in [6.07, 6.45) is 0. The molecule has 0 aliphatic heterocycles. The lowest BCUT2D eigenvalue weighted by Crippen LogP contribution is -2.38. The first-order valence-electron chi connectivity index (χ1n) is 5.31. The van der Waals surface area contributed by atoms with E-state index in [1.165, 1.54) is 26.2 Å². The number of methoxy groups -OCH3 is 1. The molecule has 1 aromatic rings. The molecular weight excluding hydrogens is 280 g/mol. The second-order valence-electron chi connectivity index (χ2n) is 3.56. The first-order valence-corrected chi connectivity index (χ1v) is 6.36. The number of thioether (sulfide) groups is 1. The normalized spacial score (nSPS) is 12.3. The van der Waals surface area contributed by atoms with E-state index in [1.54, 1.807) is 0 Å². The van der Waals surface area contributed by atoms with Gasteiger partial charge in [0.1, 0.15) is 11.8 Å². The Morgan fingerprint density at radius 3 is 2.74 bits per heavy atom. The molecule has 5 nitrogen and oxygen atoms in total. The van der Waals surface area contributed by atoms with Crippen LogP contribution in [-0.4, -0.2) is 30.8 Å². The van der Waals surface area contributed by atoms with E-state index >= 15 is 0 Å². The minimum Gasteiger partial charge on any atom is -0.467 e. The van der Waals surface area contributed by atoms with Crippen LogP contribution in [0.2, 0.25) is 0 Å². The van der Waals surface area contributed by atoms with Gasteiger partial charge in [0, 0.05) is 0 Å². The van der Waals surface area contributed by atoms with Gasteiger partial charge in [0.15, 0.2) is 5.76 Å². The number of carbonyl (C=O) groups is 2. The third-order valence-electron chi connectivity index (χ3n) is 2.14. The van der Waals surface area contributed by atoms with Gasteiger partial charge in [0.2, 0.25) is 0 Å². The van der Waals surface area contributed by atoms with Gasteiger partial charge in [0.05, 0.1) is 12.9 Å². The van der Waals surface area contributed by atoms with Gasteiger partial charge in [0.25, 0.3) is 11.7 Å². The summed E-state index contributed by atoms with van der Waals surface area (Å²) in [5, 5.41) is 2.36. The van der Waals surface area contributed by atoms with E-state index in [-0.39, 0.29) is 17.3 Å². The van der Waals surface area contributed by atoms with Crippen LogP contribution in [0.4, 0.5) is 8.78 Å². The summed E-state index contributed by atoms with van der Waals surface area (Å²) in [5.41, 5.74) is 0. The Bertz CT molecular complexity index is 450. The van der Waals surface area contributed by atoms with Crippen LogP contribution in [0, 0.1) is 0 Å². The summed E-state index contributed by atoms with van der Waals surface area (Å²) in [4.78, 5) is 22.8. The number of carbonyl (C=O) groups excluding carboxylic acids is 2. The van der Waals surface area contributed by atoms with Crippen molar-refractivity contribution in [3.63, 3.8) is 0 Å². The molecule has 19 heavy (non-hydrogen) atoms. The minimum atomic E-state index is -2.50. The van der Waals surface area contributed by atoms with Gasteiger partial charge >= 0.3 is 5.97 Å². The molecule has 1 heterocycles. The van der Waals surface area contributed by atoms with Crippen molar-refractivity contribution < 1.29 is 27.5 Å². The number of alkyl halides is 2. The topological polar surface area (TPSA) is 68.5 Å². The van der Waals surface area contributed by atoms with Crippen molar-refractivity contribution in [1.29, 1.82) is 0 Å². The molecule has 0 spiro atoms. The maximum atomic E-state index is 12.0. The summed E-state index contributed by atoms with van der Waals surface area (Å²) < 4.78 is 33.5. The number of hydrogen-bond donors (Lipinski definition) is 1. The first kappa shape index (κ1) is 15.5. The van der Waals surface area contributed by atoms with Crippen LogP contribution < -0.4 is 5.32 Å². The van der Waals surface area contributed by atoms with Crippen molar-refractivity contribution in [2.45, 2.75) is 24.5 Å². The number of nitrogens with one attached hydrogen (secondary N) is 1. The largest absolute Gasteiger partial charge is 0.467 e. The highest BCUT2D eigenvalue weighted by molar-refractivity contribution is 7.98. The van der Waals surface area contributed by atoms with Gasteiger partial charge in [-0.2, -0.15) is 8.78 Å². The van der Waals surface area contributed by atoms with Crippen molar-refractivity contribution in [3.05, 3.63) is 23.7 Å². The summed E-state index contributed by atoms with van der Waals surface area (Å²) in [6.45, 7) is 1.46. The molecule has 0 saturated carbocycles. The summed E-state index contributed by atoms with van der Waals surface area (Å²) >= 11 is 0.399. The van der Waals surface area contributed by atoms with Crippen molar-refractivity contribution in [3.8, 4) is 0 Å². The Kier molecular flexibility index (Phi) is 5.81. The Morgan fingerprint density at radius 2 is 2.16 bits per heavy atom. The maximum Gasteiger partial charge on any atom is 0.328 e. The van der Waals surface area contributed by atoms with E-state index in [4.69, 9.17) is 4.42 Å². The predicted octanol–water partition coefficient (Wildman–Crippen LogP) is 2.03. The van der Waals surface area contributed by atoms with Crippen LogP contribution in [0.5, 0.6) is 0 Å². The number of esters is 1. The molecule has 0 aromatic carbocycles. The third-order valence-corrected chi connectivity index (χ3v) is 2.84. The molecule has 0 aliphatic rings. The average molecular weight is 293 g/mol. The van der Waals surface area contributed by atoms with Gasteiger partial charge < -0.3 is 14.5 Å². The Balaban J connectivity index is 2.56. The number of furan rings is 1. The molecule has 1 amide bonds. The third kappa shape index (κ3) is 4.90. The van der Waals surface area contributed by atoms with Crippen LogP contribution in [0.15, 0.2) is 16.5 Å². The van der Waals surface area contributed by atoms with E-state index in [0.29, 0.717) is 11.8 Å². The Labute approximate surface area is 112 Å². The summed E-state index contributed by atoms with van der Waals surface area (Å²) in [7, 11) is 1.21. The standard InChI is InChI=1S/C11H13F2NO4S/c1-6(10(16)17-2)14-9(15)8-4-3-7(18-8)5-19-11(12)13/h3-4,6,11H,5H2,1-2H3,(H,14,15)/t6-/m0/s1. The van der Waals surface area contributed by atoms with Crippen LogP contribution >= 0.6 is 11.8 Å². The lowest BCUT2D eigenvalue weighted by Gasteiger charge is -2.09. The van der Waals surface area contributed by atoms with Crippen LogP contribution in [0.3, 0.4) is 0 Å². The SMILES string of the molecule is COC(=O)[C@H](C)NC(=O)c1ccc(CSC(F)F)o1. The van der Waals surface area contributed by atoms with Gasteiger partial charge in [-0.15, -0.1) is 0 Å². The van der Waals surface area contributed by atoms with Gasteiger partial charge in [-0.3, -0.25) is 4.79 Å². The molecule has 106 valence electrons. The molecule has 0 unspecified atom stereocenters. The minimum absolute atomic E-state index is 0.0303. The van der Waals surface area contributed by atoms with Crippen LogP contribution in [0.1, 0.15) is 23.2 Å². The zero-order chi connectivity index (χ0) is 14.4. The predicted molar refractivity (Wildman–Crippen MR) is 65.0 cm³/mol. The molecule has 0 bridgehead atoms. The monoisotopic (exact) mass is 293 g/mol. The zero-order valence-electron chi connectivity index (χ0n) is 10.3. The highest BCUT2D eigenvalue weighted by Gasteiger charge is 2.19. The summed E-state index contributed by atoms with van der Waals surface area (Å²) in [6, 6.07) is 1.98. The fraction of sp³-hybridized carbons (Fsp3) is 0.455. The molecule has 0 saturated heterocycles. The Hall–Kier alpha value is -1.57. The van der Waals surface area contributed by atoms with Crippen molar-refractivity contribution >= 4 is 23.6 Å². The lowest BCUT2D eigenvalue weighted by atomic mass is 10.3. The number of halogens is 2. The van der Waals surface area contributed by atoms with E-state index < -0.39 is 23.7 Å². The van der Waals surface area contributed by atoms with Gasteiger partial charge in [-0.1, -0.05) is 11.8 Å². The number of hydrogen-bond acceptors (Lipinski definition) is 5. The van der Waals surface area contributed by atoms with Crippen LogP contribution in [0.25, 0.3) is 0 Å². The van der Waals surface area contributed by atoms with E-state index in [2.05, 4.69) is 10.1 Å². The summed E-state index contributed by atoms with van der Waals surface area (Å²) in [5.74, 6) is -3.50. The fourth-order valence-electron chi connectivity index (χ4n) is 1.23. The molecule has 8 heteroatoms. The smallest absolute Gasteiger partial charge is 0.328 e. The van der Waals surface area contributed by atoms with Crippen molar-refractivity contribution in [2.75, 3.05) is 7.11 Å². The highest BCUT2D eigenvalue weighted by Crippen LogP contribution is 2.21. The second-order valence-corrected chi connectivity index (χ2v) is 4.53. The molecule has 1 rings (SSSR count).